The third-order valence-corrected chi connectivity index (χ3v) is 3.90. The fourth-order valence-electron chi connectivity index (χ4n) is 2.74. The third-order valence-electron chi connectivity index (χ3n) is 3.90. The molecule has 1 aliphatic rings. The number of hydrogen-bond donors (Lipinski definition) is 1. The van der Waals surface area contributed by atoms with E-state index in [2.05, 4.69) is 10.4 Å². The van der Waals surface area contributed by atoms with Crippen LogP contribution in [0.5, 0.6) is 0 Å². The number of nitro groups is 1. The van der Waals surface area contributed by atoms with Crippen LogP contribution in [-0.2, 0) is 11.3 Å². The Hall–Kier alpha value is -1.92. The molecule has 1 heterocycles. The summed E-state index contributed by atoms with van der Waals surface area (Å²) in [5.74, 6) is -0.0691. The van der Waals surface area contributed by atoms with Crippen LogP contribution in [0, 0.1) is 17.0 Å². The van der Waals surface area contributed by atoms with Crippen molar-refractivity contribution in [3.63, 3.8) is 0 Å². The van der Waals surface area contributed by atoms with Gasteiger partial charge in [-0.2, -0.15) is 4.68 Å². The maximum absolute atomic E-state index is 11.9. The average Bonchev–Trinajstić information content (AvgIpc) is 2.82. The standard InChI is InChI=1S/C14H22N4O3/c1-11-10-13(18(20)21)16-17(11)9-5-8-14(19)15-12-6-3-2-4-7-12/h10,12H,2-9H2,1H3,(H,15,19). The lowest BCUT2D eigenvalue weighted by Gasteiger charge is -2.22. The second kappa shape index (κ2) is 7.19. The smallest absolute Gasteiger partial charge is 0.358 e. The monoisotopic (exact) mass is 294 g/mol. The highest BCUT2D eigenvalue weighted by molar-refractivity contribution is 5.76. The summed E-state index contributed by atoms with van der Waals surface area (Å²) in [4.78, 5) is 22.0. The second-order valence-corrected chi connectivity index (χ2v) is 5.63. The van der Waals surface area contributed by atoms with Crippen LogP contribution in [0.1, 0.15) is 50.6 Å². The largest absolute Gasteiger partial charge is 0.390 e. The van der Waals surface area contributed by atoms with E-state index < -0.39 is 4.92 Å². The molecule has 7 nitrogen and oxygen atoms in total. The summed E-state index contributed by atoms with van der Waals surface area (Å²) in [6.07, 6.45) is 6.89. The molecule has 2 rings (SSSR count). The van der Waals surface area contributed by atoms with Crippen LogP contribution in [0.3, 0.4) is 0 Å². The van der Waals surface area contributed by atoms with E-state index in [1.165, 1.54) is 25.3 Å². The fourth-order valence-corrected chi connectivity index (χ4v) is 2.74. The molecule has 1 amide bonds. The molecule has 1 fully saturated rings. The molecule has 21 heavy (non-hydrogen) atoms. The van der Waals surface area contributed by atoms with Crippen molar-refractivity contribution in [1.82, 2.24) is 15.1 Å². The number of nitrogens with zero attached hydrogens (tertiary/aromatic N) is 3. The van der Waals surface area contributed by atoms with Gasteiger partial charge in [-0.25, -0.2) is 0 Å². The molecule has 1 aromatic heterocycles. The van der Waals surface area contributed by atoms with Crippen molar-refractivity contribution < 1.29 is 9.72 Å². The van der Waals surface area contributed by atoms with Gasteiger partial charge in [-0.1, -0.05) is 19.3 Å². The third kappa shape index (κ3) is 4.54. The number of aromatic nitrogens is 2. The van der Waals surface area contributed by atoms with Gasteiger partial charge in [0.2, 0.25) is 5.91 Å². The van der Waals surface area contributed by atoms with Gasteiger partial charge in [-0.3, -0.25) is 4.79 Å². The molecule has 0 aromatic carbocycles. The molecule has 0 spiro atoms. The maximum Gasteiger partial charge on any atom is 0.390 e. The Kier molecular flexibility index (Phi) is 5.30. The Morgan fingerprint density at radius 2 is 2.19 bits per heavy atom. The minimum absolute atomic E-state index is 0.0706. The van der Waals surface area contributed by atoms with E-state index in [0.29, 0.717) is 25.4 Å². The molecule has 0 atom stereocenters. The molecule has 0 aliphatic heterocycles. The second-order valence-electron chi connectivity index (χ2n) is 5.63. The molecule has 116 valence electrons. The summed E-state index contributed by atoms with van der Waals surface area (Å²) in [5.41, 5.74) is 0.745. The van der Waals surface area contributed by atoms with Crippen LogP contribution in [0.4, 0.5) is 5.82 Å². The Bertz CT molecular complexity index is 506. The summed E-state index contributed by atoms with van der Waals surface area (Å²) >= 11 is 0. The van der Waals surface area contributed by atoms with Crippen molar-refractivity contribution in [3.8, 4) is 0 Å². The predicted octanol–water partition coefficient (Wildman–Crippen LogP) is 2.33. The number of carbonyl (C=O) groups excluding carboxylic acids is 1. The first-order valence-corrected chi connectivity index (χ1v) is 7.54. The van der Waals surface area contributed by atoms with Gasteiger partial charge in [0.05, 0.1) is 23.4 Å². The van der Waals surface area contributed by atoms with E-state index in [0.717, 1.165) is 18.5 Å². The van der Waals surface area contributed by atoms with Gasteiger partial charge in [-0.05, 0) is 31.1 Å². The molecular weight excluding hydrogens is 272 g/mol. The Labute approximate surface area is 123 Å². The van der Waals surface area contributed by atoms with Crippen LogP contribution in [0.15, 0.2) is 6.07 Å². The molecular formula is C14H22N4O3. The summed E-state index contributed by atoms with van der Waals surface area (Å²) in [7, 11) is 0. The van der Waals surface area contributed by atoms with Gasteiger partial charge in [-0.15, -0.1) is 0 Å². The lowest BCUT2D eigenvalue weighted by Crippen LogP contribution is -2.36. The highest BCUT2D eigenvalue weighted by Gasteiger charge is 2.17. The predicted molar refractivity (Wildman–Crippen MR) is 77.9 cm³/mol. The first-order chi connectivity index (χ1) is 10.1. The molecule has 1 aromatic rings. The SMILES string of the molecule is Cc1cc([N+](=O)[O-])nn1CCCC(=O)NC1CCCCC1. The quantitative estimate of drug-likeness (QED) is 0.644. The van der Waals surface area contributed by atoms with Crippen molar-refractivity contribution in [2.45, 2.75) is 64.5 Å². The van der Waals surface area contributed by atoms with E-state index in [4.69, 9.17) is 0 Å². The molecule has 0 saturated heterocycles. The number of hydrogen-bond acceptors (Lipinski definition) is 4. The molecule has 1 N–H and O–H groups in total. The van der Waals surface area contributed by atoms with Crippen molar-refractivity contribution in [1.29, 1.82) is 0 Å². The fraction of sp³-hybridized carbons (Fsp3) is 0.714. The summed E-state index contributed by atoms with van der Waals surface area (Å²) in [5, 5.41) is 17.6. The van der Waals surface area contributed by atoms with Crippen molar-refractivity contribution in [2.75, 3.05) is 0 Å². The number of amides is 1. The Balaban J connectivity index is 1.73. The van der Waals surface area contributed by atoms with Crippen LogP contribution in [-0.4, -0.2) is 26.7 Å². The van der Waals surface area contributed by atoms with Crippen molar-refractivity contribution >= 4 is 11.7 Å². The molecule has 1 aliphatic carbocycles. The summed E-state index contributed by atoms with van der Waals surface area (Å²) < 4.78 is 1.59. The van der Waals surface area contributed by atoms with E-state index in [-0.39, 0.29) is 11.7 Å². The summed E-state index contributed by atoms with van der Waals surface area (Å²) in [6, 6.07) is 1.78. The molecule has 0 radical (unpaired) electrons. The molecule has 1 saturated carbocycles. The van der Waals surface area contributed by atoms with E-state index in [9.17, 15) is 14.9 Å². The zero-order valence-corrected chi connectivity index (χ0v) is 12.4. The normalized spacial score (nSPS) is 15.9. The Morgan fingerprint density at radius 3 is 2.81 bits per heavy atom. The van der Waals surface area contributed by atoms with Crippen LogP contribution < -0.4 is 5.32 Å². The van der Waals surface area contributed by atoms with Gasteiger partial charge < -0.3 is 15.4 Å². The number of aryl methyl sites for hydroxylation is 2. The van der Waals surface area contributed by atoms with Gasteiger partial charge in [0.15, 0.2) is 0 Å². The average molecular weight is 294 g/mol. The Morgan fingerprint density at radius 1 is 1.48 bits per heavy atom. The molecule has 0 bridgehead atoms. The molecule has 7 heteroatoms. The topological polar surface area (TPSA) is 90.1 Å². The van der Waals surface area contributed by atoms with Crippen molar-refractivity contribution in [2.24, 2.45) is 0 Å². The zero-order chi connectivity index (χ0) is 15.2. The van der Waals surface area contributed by atoms with Crippen LogP contribution in [0.2, 0.25) is 0 Å². The zero-order valence-electron chi connectivity index (χ0n) is 12.4. The lowest BCUT2D eigenvalue weighted by atomic mass is 9.95. The first kappa shape index (κ1) is 15.5. The van der Waals surface area contributed by atoms with Crippen molar-refractivity contribution in [3.05, 3.63) is 21.9 Å². The van der Waals surface area contributed by atoms with E-state index in [1.807, 2.05) is 0 Å². The number of nitrogens with one attached hydrogen (secondary N) is 1. The minimum Gasteiger partial charge on any atom is -0.358 e. The first-order valence-electron chi connectivity index (χ1n) is 7.54. The van der Waals surface area contributed by atoms with E-state index >= 15 is 0 Å². The van der Waals surface area contributed by atoms with Gasteiger partial charge in [0.1, 0.15) is 0 Å². The summed E-state index contributed by atoms with van der Waals surface area (Å²) in [6.45, 7) is 2.31. The minimum atomic E-state index is -0.501. The van der Waals surface area contributed by atoms with Gasteiger partial charge in [0, 0.05) is 12.5 Å². The van der Waals surface area contributed by atoms with E-state index in [1.54, 1.807) is 11.6 Å². The maximum atomic E-state index is 11.9. The lowest BCUT2D eigenvalue weighted by molar-refractivity contribution is -0.389. The van der Waals surface area contributed by atoms with Crippen LogP contribution >= 0.6 is 0 Å². The van der Waals surface area contributed by atoms with Gasteiger partial charge >= 0.3 is 5.82 Å². The number of rotatable bonds is 6. The highest BCUT2D eigenvalue weighted by atomic mass is 16.6. The van der Waals surface area contributed by atoms with Gasteiger partial charge in [0.25, 0.3) is 0 Å². The number of carbonyl (C=O) groups is 1. The highest BCUT2D eigenvalue weighted by Crippen LogP contribution is 2.17. The van der Waals surface area contributed by atoms with Crippen LogP contribution in [0.25, 0.3) is 0 Å². The molecule has 0 unspecified atom stereocenters.